The minimum Gasteiger partial charge on any atom is -0.481 e. The summed E-state index contributed by atoms with van der Waals surface area (Å²) >= 11 is 1.20. The predicted molar refractivity (Wildman–Crippen MR) is 88.0 cm³/mol. The van der Waals surface area contributed by atoms with E-state index in [0.717, 1.165) is 0 Å². The van der Waals surface area contributed by atoms with Crippen LogP contribution in [0.3, 0.4) is 0 Å². The number of rotatable bonds is 10. The van der Waals surface area contributed by atoms with Crippen molar-refractivity contribution < 1.29 is 24.4 Å². The molecule has 130 valence electrons. The highest BCUT2D eigenvalue weighted by Crippen LogP contribution is 2.11. The molecular weight excluding hydrogens is 338 g/mol. The highest BCUT2D eigenvalue weighted by atomic mass is 32.2. The molecule has 0 saturated carbocycles. The highest BCUT2D eigenvalue weighted by Gasteiger charge is 2.09. The van der Waals surface area contributed by atoms with Crippen LogP contribution >= 0.6 is 11.8 Å². The molecular formula is C14H17N3O6S. The maximum Gasteiger partial charge on any atom is 0.313 e. The lowest BCUT2D eigenvalue weighted by molar-refractivity contribution is -0.384. The van der Waals surface area contributed by atoms with Crippen LogP contribution in [-0.4, -0.2) is 52.4 Å². The molecule has 0 unspecified atom stereocenters. The second-order valence-electron chi connectivity index (χ2n) is 4.61. The number of aliphatic carboxylic acids is 1. The number of benzene rings is 1. The lowest BCUT2D eigenvalue weighted by Gasteiger charge is -2.06. The van der Waals surface area contributed by atoms with Gasteiger partial charge in [-0.1, -0.05) is 0 Å². The van der Waals surface area contributed by atoms with Crippen molar-refractivity contribution in [3.05, 3.63) is 39.9 Å². The van der Waals surface area contributed by atoms with Gasteiger partial charge in [-0.25, -0.2) is 0 Å². The lowest BCUT2D eigenvalue weighted by atomic mass is 10.2. The topological polar surface area (TPSA) is 139 Å². The number of amides is 2. The number of hydrogen-bond acceptors (Lipinski definition) is 6. The number of nitro benzene ring substituents is 1. The van der Waals surface area contributed by atoms with E-state index in [2.05, 4.69) is 10.6 Å². The van der Waals surface area contributed by atoms with E-state index in [0.29, 0.717) is 12.3 Å². The van der Waals surface area contributed by atoms with E-state index in [4.69, 9.17) is 5.11 Å². The van der Waals surface area contributed by atoms with Crippen LogP contribution in [0.15, 0.2) is 24.3 Å². The van der Waals surface area contributed by atoms with Gasteiger partial charge in [-0.3, -0.25) is 24.5 Å². The Labute approximate surface area is 142 Å². The van der Waals surface area contributed by atoms with Crippen molar-refractivity contribution in [2.75, 3.05) is 24.6 Å². The normalized spacial score (nSPS) is 10.0. The first-order valence-electron chi connectivity index (χ1n) is 6.99. The Hall–Kier alpha value is -2.62. The number of nitro groups is 1. The third-order valence-corrected chi connectivity index (χ3v) is 3.72. The molecule has 0 fully saturated rings. The van der Waals surface area contributed by atoms with Gasteiger partial charge >= 0.3 is 5.97 Å². The second kappa shape index (κ2) is 10.2. The summed E-state index contributed by atoms with van der Waals surface area (Å²) < 4.78 is 0. The molecule has 0 saturated heterocycles. The molecule has 1 aromatic carbocycles. The minimum absolute atomic E-state index is 0.0127. The third-order valence-electron chi connectivity index (χ3n) is 2.77. The first-order chi connectivity index (χ1) is 11.4. The van der Waals surface area contributed by atoms with E-state index >= 15 is 0 Å². The zero-order chi connectivity index (χ0) is 17.9. The van der Waals surface area contributed by atoms with Gasteiger partial charge in [-0.15, -0.1) is 11.8 Å². The van der Waals surface area contributed by atoms with Gasteiger partial charge in [0.2, 0.25) is 5.91 Å². The molecule has 0 aromatic heterocycles. The summed E-state index contributed by atoms with van der Waals surface area (Å²) in [4.78, 5) is 43.6. The number of carboxylic acids is 1. The van der Waals surface area contributed by atoms with Gasteiger partial charge in [-0.2, -0.15) is 0 Å². The van der Waals surface area contributed by atoms with Gasteiger partial charge in [0.05, 0.1) is 10.7 Å². The van der Waals surface area contributed by atoms with E-state index in [1.807, 2.05) is 0 Å². The SMILES string of the molecule is O=C(O)CSCCNC(=O)CCNC(=O)c1ccc([N+](=O)[O-])cc1. The Morgan fingerprint density at radius 2 is 1.79 bits per heavy atom. The fraction of sp³-hybridized carbons (Fsp3) is 0.357. The molecule has 2 amide bonds. The van der Waals surface area contributed by atoms with Crippen molar-refractivity contribution in [3.8, 4) is 0 Å². The van der Waals surface area contributed by atoms with E-state index in [1.165, 1.54) is 36.0 Å². The quantitative estimate of drug-likeness (QED) is 0.318. The molecule has 1 aromatic rings. The number of carbonyl (C=O) groups excluding carboxylic acids is 2. The predicted octanol–water partition coefficient (Wildman–Crippen LogP) is 0.649. The molecule has 0 heterocycles. The van der Waals surface area contributed by atoms with Gasteiger partial charge in [0.15, 0.2) is 0 Å². The van der Waals surface area contributed by atoms with Crippen LogP contribution in [-0.2, 0) is 9.59 Å². The van der Waals surface area contributed by atoms with Gasteiger partial charge in [-0.05, 0) is 12.1 Å². The smallest absolute Gasteiger partial charge is 0.313 e. The van der Waals surface area contributed by atoms with Crippen molar-refractivity contribution in [1.29, 1.82) is 0 Å². The summed E-state index contributed by atoms with van der Waals surface area (Å²) in [6, 6.07) is 5.15. The molecule has 0 spiro atoms. The Morgan fingerprint density at radius 3 is 2.38 bits per heavy atom. The van der Waals surface area contributed by atoms with Gasteiger partial charge in [0.25, 0.3) is 11.6 Å². The summed E-state index contributed by atoms with van der Waals surface area (Å²) in [7, 11) is 0. The number of thioether (sulfide) groups is 1. The summed E-state index contributed by atoms with van der Waals surface area (Å²) in [5.74, 6) is -1.10. The van der Waals surface area contributed by atoms with Gasteiger partial charge in [0.1, 0.15) is 0 Å². The van der Waals surface area contributed by atoms with Crippen LogP contribution in [0, 0.1) is 10.1 Å². The maximum atomic E-state index is 11.8. The molecule has 0 bridgehead atoms. The molecule has 0 aliphatic rings. The first-order valence-corrected chi connectivity index (χ1v) is 8.14. The number of nitrogens with zero attached hydrogens (tertiary/aromatic N) is 1. The summed E-state index contributed by atoms with van der Waals surface area (Å²) in [5, 5.41) is 24.1. The van der Waals surface area contributed by atoms with Crippen molar-refractivity contribution in [1.82, 2.24) is 10.6 Å². The molecule has 1 rings (SSSR count). The van der Waals surface area contributed by atoms with Crippen LogP contribution in [0.25, 0.3) is 0 Å². The average molecular weight is 355 g/mol. The average Bonchev–Trinajstić information content (AvgIpc) is 2.54. The van der Waals surface area contributed by atoms with E-state index < -0.39 is 16.8 Å². The Kier molecular flexibility index (Phi) is 8.26. The first kappa shape index (κ1) is 19.4. The second-order valence-corrected chi connectivity index (χ2v) is 5.71. The van der Waals surface area contributed by atoms with Gasteiger partial charge in [0, 0.05) is 43.0 Å². The molecule has 0 aliphatic heterocycles. The highest BCUT2D eigenvalue weighted by molar-refractivity contribution is 7.99. The van der Waals surface area contributed by atoms with E-state index in [-0.39, 0.29) is 35.9 Å². The zero-order valence-electron chi connectivity index (χ0n) is 12.7. The van der Waals surface area contributed by atoms with Crippen molar-refractivity contribution >= 4 is 35.2 Å². The summed E-state index contributed by atoms with van der Waals surface area (Å²) in [6.45, 7) is 0.483. The van der Waals surface area contributed by atoms with Gasteiger partial charge < -0.3 is 15.7 Å². The number of carboxylic acid groups (broad SMARTS) is 1. The number of nitrogens with one attached hydrogen (secondary N) is 2. The standard InChI is InChI=1S/C14H17N3O6S/c18-12(15-7-8-24-9-13(19)20)5-6-16-14(21)10-1-3-11(4-2-10)17(22)23/h1-4H,5-9H2,(H,15,18)(H,16,21)(H,19,20). The number of non-ortho nitro benzene ring substituents is 1. The Morgan fingerprint density at radius 1 is 1.12 bits per heavy atom. The summed E-state index contributed by atoms with van der Waals surface area (Å²) in [5.41, 5.74) is 0.165. The fourth-order valence-electron chi connectivity index (χ4n) is 1.64. The Bertz CT molecular complexity index is 605. The molecule has 0 atom stereocenters. The van der Waals surface area contributed by atoms with E-state index in [9.17, 15) is 24.5 Å². The zero-order valence-corrected chi connectivity index (χ0v) is 13.5. The Balaban J connectivity index is 2.21. The molecule has 3 N–H and O–H groups in total. The van der Waals surface area contributed by atoms with Crippen molar-refractivity contribution in [2.45, 2.75) is 6.42 Å². The van der Waals surface area contributed by atoms with Crippen molar-refractivity contribution in [2.24, 2.45) is 0 Å². The molecule has 0 radical (unpaired) electrons. The molecule has 24 heavy (non-hydrogen) atoms. The van der Waals surface area contributed by atoms with Crippen molar-refractivity contribution in [3.63, 3.8) is 0 Å². The molecule has 0 aliphatic carbocycles. The number of carbonyl (C=O) groups is 3. The minimum atomic E-state index is -0.903. The largest absolute Gasteiger partial charge is 0.481 e. The third kappa shape index (κ3) is 7.58. The van der Waals surface area contributed by atoms with Crippen LogP contribution in [0.4, 0.5) is 5.69 Å². The molecule has 10 heteroatoms. The van der Waals surface area contributed by atoms with Crippen LogP contribution in [0.2, 0.25) is 0 Å². The number of hydrogen-bond donors (Lipinski definition) is 3. The van der Waals surface area contributed by atoms with Crippen LogP contribution in [0.1, 0.15) is 16.8 Å². The lowest BCUT2D eigenvalue weighted by Crippen LogP contribution is -2.31. The maximum absolute atomic E-state index is 11.8. The van der Waals surface area contributed by atoms with E-state index in [1.54, 1.807) is 0 Å². The monoisotopic (exact) mass is 355 g/mol. The van der Waals surface area contributed by atoms with Crippen LogP contribution < -0.4 is 10.6 Å². The molecule has 9 nitrogen and oxygen atoms in total. The fourth-order valence-corrected chi connectivity index (χ4v) is 2.20. The van der Waals surface area contributed by atoms with Crippen LogP contribution in [0.5, 0.6) is 0 Å². The summed E-state index contributed by atoms with van der Waals surface area (Å²) in [6.07, 6.45) is 0.0856.